The van der Waals surface area contributed by atoms with Gasteiger partial charge in [-0.2, -0.15) is 0 Å². The SMILES string of the molecule is CCS(=O)(=O)NC(c1ccc(Cl)cc1)C(C)C. The van der Waals surface area contributed by atoms with Gasteiger partial charge in [0.05, 0.1) is 5.75 Å². The molecule has 1 aromatic rings. The van der Waals surface area contributed by atoms with E-state index in [2.05, 4.69) is 4.72 Å². The molecule has 0 aromatic heterocycles. The zero-order chi connectivity index (χ0) is 13.1. The maximum atomic E-state index is 11.6. The van der Waals surface area contributed by atoms with Crippen molar-refractivity contribution in [3.8, 4) is 0 Å². The van der Waals surface area contributed by atoms with Gasteiger partial charge in [0.25, 0.3) is 0 Å². The molecule has 3 nitrogen and oxygen atoms in total. The van der Waals surface area contributed by atoms with E-state index in [-0.39, 0.29) is 17.7 Å². The van der Waals surface area contributed by atoms with Gasteiger partial charge in [0.15, 0.2) is 0 Å². The van der Waals surface area contributed by atoms with Gasteiger partial charge in [-0.05, 0) is 30.5 Å². The van der Waals surface area contributed by atoms with Crippen molar-refractivity contribution in [1.82, 2.24) is 4.72 Å². The normalized spacial score (nSPS) is 13.9. The summed E-state index contributed by atoms with van der Waals surface area (Å²) in [5.74, 6) is 0.265. The Bertz CT molecular complexity index is 454. The summed E-state index contributed by atoms with van der Waals surface area (Å²) in [6.45, 7) is 5.59. The summed E-state index contributed by atoms with van der Waals surface area (Å²) < 4.78 is 25.9. The average Bonchev–Trinajstić information content (AvgIpc) is 2.27. The monoisotopic (exact) mass is 275 g/mol. The maximum absolute atomic E-state index is 11.6. The molecule has 0 fully saturated rings. The molecule has 1 aromatic carbocycles. The van der Waals surface area contributed by atoms with E-state index in [4.69, 9.17) is 11.6 Å². The number of nitrogens with one attached hydrogen (secondary N) is 1. The van der Waals surface area contributed by atoms with Crippen LogP contribution >= 0.6 is 11.6 Å². The van der Waals surface area contributed by atoms with Crippen molar-refractivity contribution >= 4 is 21.6 Å². The van der Waals surface area contributed by atoms with Crippen LogP contribution in [0.5, 0.6) is 0 Å². The van der Waals surface area contributed by atoms with Crippen molar-refractivity contribution in [2.75, 3.05) is 5.75 Å². The van der Waals surface area contributed by atoms with Gasteiger partial charge in [0.1, 0.15) is 0 Å². The number of benzene rings is 1. The molecule has 0 aliphatic rings. The van der Waals surface area contributed by atoms with Crippen LogP contribution in [0.4, 0.5) is 0 Å². The number of rotatable bonds is 5. The Morgan fingerprint density at radius 3 is 2.18 bits per heavy atom. The molecule has 0 heterocycles. The molecule has 0 saturated heterocycles. The van der Waals surface area contributed by atoms with E-state index in [0.717, 1.165) is 5.56 Å². The minimum atomic E-state index is -3.20. The highest BCUT2D eigenvalue weighted by molar-refractivity contribution is 7.89. The molecular formula is C12H18ClNO2S. The summed E-state index contributed by atoms with van der Waals surface area (Å²) in [6.07, 6.45) is 0. The van der Waals surface area contributed by atoms with Gasteiger partial charge in [0, 0.05) is 11.1 Å². The van der Waals surface area contributed by atoms with Crippen molar-refractivity contribution in [3.05, 3.63) is 34.9 Å². The van der Waals surface area contributed by atoms with Gasteiger partial charge >= 0.3 is 0 Å². The van der Waals surface area contributed by atoms with Crippen LogP contribution in [0.3, 0.4) is 0 Å². The second kappa shape index (κ2) is 5.85. The van der Waals surface area contributed by atoms with Crippen molar-refractivity contribution < 1.29 is 8.42 Å². The second-order valence-corrected chi connectivity index (χ2v) is 6.77. The molecule has 0 radical (unpaired) electrons. The Morgan fingerprint density at radius 1 is 1.24 bits per heavy atom. The number of halogens is 1. The molecule has 0 aliphatic carbocycles. The van der Waals surface area contributed by atoms with Crippen molar-refractivity contribution in [2.45, 2.75) is 26.8 Å². The van der Waals surface area contributed by atoms with E-state index in [1.54, 1.807) is 19.1 Å². The molecule has 1 N–H and O–H groups in total. The molecule has 1 unspecified atom stereocenters. The third-order valence-corrected chi connectivity index (χ3v) is 4.21. The molecule has 5 heteroatoms. The minimum Gasteiger partial charge on any atom is -0.212 e. The van der Waals surface area contributed by atoms with Gasteiger partial charge in [-0.15, -0.1) is 0 Å². The summed E-state index contributed by atoms with van der Waals surface area (Å²) >= 11 is 5.82. The fourth-order valence-corrected chi connectivity index (χ4v) is 2.62. The van der Waals surface area contributed by atoms with E-state index in [9.17, 15) is 8.42 Å². The van der Waals surface area contributed by atoms with Crippen LogP contribution in [-0.4, -0.2) is 14.2 Å². The summed E-state index contributed by atoms with van der Waals surface area (Å²) in [5.41, 5.74) is 0.932. The van der Waals surface area contributed by atoms with Gasteiger partial charge < -0.3 is 0 Å². The largest absolute Gasteiger partial charge is 0.212 e. The topological polar surface area (TPSA) is 46.2 Å². The minimum absolute atomic E-state index is 0.0871. The van der Waals surface area contributed by atoms with Crippen LogP contribution < -0.4 is 4.72 Å². The molecule has 96 valence electrons. The summed E-state index contributed by atoms with van der Waals surface area (Å²) in [7, 11) is -3.20. The summed E-state index contributed by atoms with van der Waals surface area (Å²) in [5, 5.41) is 0.648. The first kappa shape index (κ1) is 14.5. The van der Waals surface area contributed by atoms with Gasteiger partial charge in [-0.3, -0.25) is 0 Å². The van der Waals surface area contributed by atoms with Crippen molar-refractivity contribution in [2.24, 2.45) is 5.92 Å². The van der Waals surface area contributed by atoms with Crippen LogP contribution in [0.15, 0.2) is 24.3 Å². The molecule has 0 saturated carbocycles. The first-order valence-electron chi connectivity index (χ1n) is 5.61. The lowest BCUT2D eigenvalue weighted by molar-refractivity contribution is 0.463. The molecule has 0 spiro atoms. The quantitative estimate of drug-likeness (QED) is 0.898. The highest BCUT2D eigenvalue weighted by Crippen LogP contribution is 2.24. The highest BCUT2D eigenvalue weighted by atomic mass is 35.5. The standard InChI is InChI=1S/C12H18ClNO2S/c1-4-17(15,16)14-12(9(2)3)10-5-7-11(13)8-6-10/h5-9,12,14H,4H2,1-3H3. The lowest BCUT2D eigenvalue weighted by atomic mass is 9.97. The lowest BCUT2D eigenvalue weighted by Crippen LogP contribution is -2.32. The van der Waals surface area contributed by atoms with E-state index in [1.807, 2.05) is 26.0 Å². The molecule has 0 amide bonds. The fourth-order valence-electron chi connectivity index (χ4n) is 1.54. The molecule has 17 heavy (non-hydrogen) atoms. The maximum Gasteiger partial charge on any atom is 0.211 e. The average molecular weight is 276 g/mol. The fraction of sp³-hybridized carbons (Fsp3) is 0.500. The van der Waals surface area contributed by atoms with Gasteiger partial charge in [0.2, 0.25) is 10.0 Å². The van der Waals surface area contributed by atoms with E-state index in [1.165, 1.54) is 0 Å². The summed E-state index contributed by atoms with van der Waals surface area (Å²) in [4.78, 5) is 0. The number of hydrogen-bond donors (Lipinski definition) is 1. The number of sulfonamides is 1. The van der Waals surface area contributed by atoms with Crippen LogP contribution in [0.2, 0.25) is 5.02 Å². The first-order valence-corrected chi connectivity index (χ1v) is 7.64. The summed E-state index contributed by atoms with van der Waals surface area (Å²) in [6, 6.07) is 7.03. The molecule has 0 bridgehead atoms. The van der Waals surface area contributed by atoms with Crippen LogP contribution in [0, 0.1) is 5.92 Å². The van der Waals surface area contributed by atoms with Crippen LogP contribution in [0.1, 0.15) is 32.4 Å². The zero-order valence-corrected chi connectivity index (χ0v) is 11.8. The lowest BCUT2D eigenvalue weighted by Gasteiger charge is -2.22. The molecule has 1 atom stereocenters. The van der Waals surface area contributed by atoms with Crippen LogP contribution in [-0.2, 0) is 10.0 Å². The highest BCUT2D eigenvalue weighted by Gasteiger charge is 2.20. The Kier molecular flexibility index (Phi) is 4.98. The van der Waals surface area contributed by atoms with Crippen LogP contribution in [0.25, 0.3) is 0 Å². The smallest absolute Gasteiger partial charge is 0.211 e. The Hall–Kier alpha value is -0.580. The molecule has 0 aliphatic heterocycles. The number of hydrogen-bond acceptors (Lipinski definition) is 2. The zero-order valence-electron chi connectivity index (χ0n) is 10.3. The Balaban J connectivity index is 2.98. The van der Waals surface area contributed by atoms with E-state index < -0.39 is 10.0 Å². The van der Waals surface area contributed by atoms with E-state index in [0.29, 0.717) is 5.02 Å². The first-order chi connectivity index (χ1) is 7.85. The molecular weight excluding hydrogens is 258 g/mol. The Morgan fingerprint density at radius 2 is 1.76 bits per heavy atom. The molecule has 1 rings (SSSR count). The van der Waals surface area contributed by atoms with Crippen molar-refractivity contribution in [3.63, 3.8) is 0 Å². The second-order valence-electron chi connectivity index (χ2n) is 4.29. The van der Waals surface area contributed by atoms with Gasteiger partial charge in [-0.25, -0.2) is 13.1 Å². The predicted octanol–water partition coefficient (Wildman–Crippen LogP) is 2.98. The van der Waals surface area contributed by atoms with E-state index >= 15 is 0 Å². The third kappa shape index (κ3) is 4.30. The predicted molar refractivity (Wildman–Crippen MR) is 71.6 cm³/mol. The Labute approximate surface area is 108 Å². The van der Waals surface area contributed by atoms with Crippen molar-refractivity contribution in [1.29, 1.82) is 0 Å². The van der Waals surface area contributed by atoms with Gasteiger partial charge in [-0.1, -0.05) is 37.6 Å². The third-order valence-electron chi connectivity index (χ3n) is 2.58.